The van der Waals surface area contributed by atoms with Crippen molar-refractivity contribution in [3.63, 3.8) is 0 Å². The van der Waals surface area contributed by atoms with E-state index in [1.807, 2.05) is 26.8 Å². The Bertz CT molecular complexity index is 675. The van der Waals surface area contributed by atoms with E-state index in [-0.39, 0.29) is 36.1 Å². The molecular formula is C23H36N2O5. The first kappa shape index (κ1) is 24.2. The molecule has 0 spiro atoms. The Morgan fingerprint density at radius 3 is 2.77 bits per heavy atom. The standard InChI is InChI=1S/C23H36N2O5/c1-6-15(2)7-9-21-17(4)13-19(18(5)30-21)24-22(26)10-8-16(3)20-14-29-12-11-25(20)23(27)28/h6-8,10,16-21H,1,9,11-14H2,2-5H3,(H,24,26)(H,27,28)/t16?,17-,18+,19+,20+,21-/m0/s1. The average Bonchev–Trinajstić information content (AvgIpc) is 2.72. The minimum absolute atomic E-state index is 0.0540. The lowest BCUT2D eigenvalue weighted by Gasteiger charge is -2.39. The normalized spacial score (nSPS) is 31.4. The zero-order valence-electron chi connectivity index (χ0n) is 18.5. The SMILES string of the molecule is C=CC(C)=CC[C@@H]1O[C@H](C)[C@H](NC(=O)C=CC(C)[C@H]2COCCN2C(=O)O)C[C@@H]1C. The lowest BCUT2D eigenvalue weighted by atomic mass is 9.88. The van der Waals surface area contributed by atoms with Crippen LogP contribution in [-0.4, -0.2) is 66.1 Å². The van der Waals surface area contributed by atoms with Gasteiger partial charge in [0.15, 0.2) is 0 Å². The predicted molar refractivity (Wildman–Crippen MR) is 116 cm³/mol. The molecule has 1 unspecified atom stereocenters. The van der Waals surface area contributed by atoms with E-state index in [2.05, 4.69) is 24.9 Å². The Hall–Kier alpha value is -2.12. The van der Waals surface area contributed by atoms with Crippen LogP contribution in [0.15, 0.2) is 36.5 Å². The van der Waals surface area contributed by atoms with Gasteiger partial charge in [-0.25, -0.2) is 4.79 Å². The summed E-state index contributed by atoms with van der Waals surface area (Å²) in [5, 5.41) is 12.4. The highest BCUT2D eigenvalue weighted by molar-refractivity contribution is 5.87. The molecule has 168 valence electrons. The van der Waals surface area contributed by atoms with E-state index in [4.69, 9.17) is 9.47 Å². The summed E-state index contributed by atoms with van der Waals surface area (Å²) >= 11 is 0. The molecule has 0 aromatic heterocycles. The van der Waals surface area contributed by atoms with Gasteiger partial charge in [0, 0.05) is 6.54 Å². The number of carbonyl (C=O) groups excluding carboxylic acids is 1. The van der Waals surface area contributed by atoms with Crippen molar-refractivity contribution in [3.8, 4) is 0 Å². The molecule has 2 aliphatic heterocycles. The molecule has 6 atom stereocenters. The highest BCUT2D eigenvalue weighted by Crippen LogP contribution is 2.28. The van der Waals surface area contributed by atoms with Crippen LogP contribution in [0.25, 0.3) is 0 Å². The predicted octanol–water partition coefficient (Wildman–Crippen LogP) is 3.38. The summed E-state index contributed by atoms with van der Waals surface area (Å²) < 4.78 is 11.6. The van der Waals surface area contributed by atoms with Crippen molar-refractivity contribution < 1.29 is 24.2 Å². The van der Waals surface area contributed by atoms with E-state index < -0.39 is 6.09 Å². The number of morpholine rings is 1. The Morgan fingerprint density at radius 1 is 1.37 bits per heavy atom. The first-order chi connectivity index (χ1) is 14.2. The molecule has 2 rings (SSSR count). The molecule has 0 saturated carbocycles. The highest BCUT2D eigenvalue weighted by atomic mass is 16.5. The maximum atomic E-state index is 12.5. The second kappa shape index (κ2) is 11.3. The molecule has 0 aromatic carbocycles. The fraction of sp³-hybridized carbons (Fsp3) is 0.652. The maximum Gasteiger partial charge on any atom is 0.407 e. The number of nitrogens with one attached hydrogen (secondary N) is 1. The van der Waals surface area contributed by atoms with E-state index in [1.54, 1.807) is 6.08 Å². The number of hydrogen-bond acceptors (Lipinski definition) is 4. The van der Waals surface area contributed by atoms with E-state index in [1.165, 1.54) is 11.0 Å². The maximum absolute atomic E-state index is 12.5. The molecule has 2 fully saturated rings. The molecule has 0 aliphatic carbocycles. The fourth-order valence-electron chi connectivity index (χ4n) is 3.99. The van der Waals surface area contributed by atoms with Crippen molar-refractivity contribution in [2.75, 3.05) is 19.8 Å². The lowest BCUT2D eigenvalue weighted by molar-refractivity contribution is -0.123. The van der Waals surface area contributed by atoms with Crippen LogP contribution in [0.2, 0.25) is 0 Å². The van der Waals surface area contributed by atoms with Crippen molar-refractivity contribution in [1.82, 2.24) is 10.2 Å². The zero-order valence-corrected chi connectivity index (χ0v) is 18.5. The van der Waals surface area contributed by atoms with Gasteiger partial charge in [0.1, 0.15) is 0 Å². The van der Waals surface area contributed by atoms with Gasteiger partial charge in [-0.1, -0.05) is 44.2 Å². The van der Waals surface area contributed by atoms with Gasteiger partial charge in [0.25, 0.3) is 0 Å². The molecule has 7 nitrogen and oxygen atoms in total. The van der Waals surface area contributed by atoms with E-state index in [0.717, 1.165) is 18.4 Å². The lowest BCUT2D eigenvalue weighted by Crippen LogP contribution is -2.51. The smallest absolute Gasteiger partial charge is 0.407 e. The molecular weight excluding hydrogens is 384 g/mol. The van der Waals surface area contributed by atoms with E-state index >= 15 is 0 Å². The average molecular weight is 421 g/mol. The molecule has 0 aromatic rings. The number of ether oxygens (including phenoxy) is 2. The van der Waals surface area contributed by atoms with Gasteiger partial charge in [-0.2, -0.15) is 0 Å². The van der Waals surface area contributed by atoms with Gasteiger partial charge in [-0.15, -0.1) is 0 Å². The summed E-state index contributed by atoms with van der Waals surface area (Å²) in [6, 6.07) is -0.341. The summed E-state index contributed by atoms with van der Waals surface area (Å²) in [4.78, 5) is 25.3. The van der Waals surface area contributed by atoms with Crippen molar-refractivity contribution >= 4 is 12.0 Å². The third-order valence-corrected chi connectivity index (χ3v) is 6.11. The summed E-state index contributed by atoms with van der Waals surface area (Å²) in [7, 11) is 0. The summed E-state index contributed by atoms with van der Waals surface area (Å²) in [5.41, 5.74) is 1.14. The molecule has 2 aliphatic rings. The number of carboxylic acid groups (broad SMARTS) is 1. The Morgan fingerprint density at radius 2 is 2.10 bits per heavy atom. The molecule has 30 heavy (non-hydrogen) atoms. The molecule has 2 N–H and O–H groups in total. The monoisotopic (exact) mass is 420 g/mol. The highest BCUT2D eigenvalue weighted by Gasteiger charge is 2.34. The summed E-state index contributed by atoms with van der Waals surface area (Å²) in [5.74, 6) is 0.0103. The number of amides is 2. The van der Waals surface area contributed by atoms with Crippen LogP contribution >= 0.6 is 0 Å². The van der Waals surface area contributed by atoms with Crippen LogP contribution in [0.5, 0.6) is 0 Å². The van der Waals surface area contributed by atoms with Crippen molar-refractivity contribution in [2.45, 2.75) is 64.8 Å². The number of carbonyl (C=O) groups is 2. The van der Waals surface area contributed by atoms with Crippen LogP contribution in [0.4, 0.5) is 4.79 Å². The molecule has 2 saturated heterocycles. The molecule has 0 radical (unpaired) electrons. The van der Waals surface area contributed by atoms with Crippen LogP contribution in [0.3, 0.4) is 0 Å². The fourth-order valence-corrected chi connectivity index (χ4v) is 3.99. The number of rotatable bonds is 7. The van der Waals surface area contributed by atoms with E-state index in [0.29, 0.717) is 25.7 Å². The summed E-state index contributed by atoms with van der Waals surface area (Å²) in [6.07, 6.45) is 8.02. The van der Waals surface area contributed by atoms with Crippen molar-refractivity contribution in [3.05, 3.63) is 36.5 Å². The van der Waals surface area contributed by atoms with Gasteiger partial charge >= 0.3 is 6.09 Å². The molecule has 0 bridgehead atoms. The number of hydrogen-bond donors (Lipinski definition) is 2. The van der Waals surface area contributed by atoms with E-state index in [9.17, 15) is 14.7 Å². The molecule has 7 heteroatoms. The minimum Gasteiger partial charge on any atom is -0.465 e. The van der Waals surface area contributed by atoms with Crippen LogP contribution in [0.1, 0.15) is 40.5 Å². The first-order valence-corrected chi connectivity index (χ1v) is 10.7. The zero-order chi connectivity index (χ0) is 22.3. The minimum atomic E-state index is -0.956. The first-order valence-electron chi connectivity index (χ1n) is 10.7. The second-order valence-corrected chi connectivity index (χ2v) is 8.43. The third-order valence-electron chi connectivity index (χ3n) is 6.11. The molecule has 2 amide bonds. The van der Waals surface area contributed by atoms with Crippen molar-refractivity contribution in [1.29, 1.82) is 0 Å². The van der Waals surface area contributed by atoms with Gasteiger partial charge in [-0.3, -0.25) is 4.79 Å². The largest absolute Gasteiger partial charge is 0.465 e. The number of nitrogens with zero attached hydrogens (tertiary/aromatic N) is 1. The van der Waals surface area contributed by atoms with Crippen molar-refractivity contribution in [2.24, 2.45) is 11.8 Å². The Balaban J connectivity index is 1.88. The second-order valence-electron chi connectivity index (χ2n) is 8.43. The van der Waals surface area contributed by atoms with Gasteiger partial charge in [-0.05, 0) is 44.6 Å². The van der Waals surface area contributed by atoms with Gasteiger partial charge < -0.3 is 24.8 Å². The summed E-state index contributed by atoms with van der Waals surface area (Å²) in [6.45, 7) is 12.9. The molecule has 2 heterocycles. The quantitative estimate of drug-likeness (QED) is 0.487. The third kappa shape index (κ3) is 6.71. The topological polar surface area (TPSA) is 88.1 Å². The Kier molecular flexibility index (Phi) is 9.11. The van der Waals surface area contributed by atoms with Crippen LogP contribution < -0.4 is 5.32 Å². The van der Waals surface area contributed by atoms with Gasteiger partial charge in [0.05, 0.1) is 37.5 Å². The van der Waals surface area contributed by atoms with Gasteiger partial charge in [0.2, 0.25) is 5.91 Å². The Labute approximate surface area is 179 Å². The number of allylic oxidation sites excluding steroid dienone is 2. The van der Waals surface area contributed by atoms with Crippen LogP contribution in [0, 0.1) is 11.8 Å². The van der Waals surface area contributed by atoms with Crippen LogP contribution in [-0.2, 0) is 14.3 Å².